The fourth-order valence-electron chi connectivity index (χ4n) is 2.06. The molecule has 1 aromatic rings. The first-order valence-corrected chi connectivity index (χ1v) is 6.34. The molecule has 0 spiro atoms. The average Bonchev–Trinajstić information content (AvgIpc) is 2.30. The van der Waals surface area contributed by atoms with Gasteiger partial charge in [0, 0.05) is 13.1 Å². The fourth-order valence-corrected chi connectivity index (χ4v) is 2.06. The first-order chi connectivity index (χ1) is 8.34. The fraction of sp³-hybridized carbons (Fsp3) is 0.533. The number of rotatable bonds is 5. The topological polar surface area (TPSA) is 49.3 Å². The zero-order valence-electron chi connectivity index (χ0n) is 11.9. The third-order valence-electron chi connectivity index (χ3n) is 3.70. The Hall–Kier alpha value is -1.35. The summed E-state index contributed by atoms with van der Waals surface area (Å²) >= 11 is 0. The van der Waals surface area contributed by atoms with Gasteiger partial charge in [-0.1, -0.05) is 13.0 Å². The van der Waals surface area contributed by atoms with E-state index in [1.165, 1.54) is 27.8 Å². The molecule has 0 aromatic heterocycles. The Morgan fingerprint density at radius 1 is 1.22 bits per heavy atom. The number of nitrogens with one attached hydrogen (secondary N) is 1. The van der Waals surface area contributed by atoms with Crippen LogP contribution < -0.4 is 5.32 Å². The summed E-state index contributed by atoms with van der Waals surface area (Å²) in [5, 5.41) is 12.1. The molecule has 2 N–H and O–H groups in total. The number of carbonyl (C=O) groups is 1. The van der Waals surface area contributed by atoms with Crippen LogP contribution in [0.2, 0.25) is 0 Å². The van der Waals surface area contributed by atoms with Gasteiger partial charge in [0.25, 0.3) is 0 Å². The van der Waals surface area contributed by atoms with Crippen LogP contribution >= 0.6 is 0 Å². The first-order valence-electron chi connectivity index (χ1n) is 6.34. The molecular formula is C15H23NO2. The third kappa shape index (κ3) is 3.33. The molecule has 0 aliphatic carbocycles. The third-order valence-corrected chi connectivity index (χ3v) is 3.70. The van der Waals surface area contributed by atoms with Crippen LogP contribution in [-0.4, -0.2) is 17.6 Å². The molecule has 0 saturated carbocycles. The van der Waals surface area contributed by atoms with Gasteiger partial charge in [0.2, 0.25) is 0 Å². The summed E-state index contributed by atoms with van der Waals surface area (Å²) in [7, 11) is 0. The quantitative estimate of drug-likeness (QED) is 0.843. The van der Waals surface area contributed by atoms with Crippen molar-refractivity contribution in [2.75, 3.05) is 6.54 Å². The molecule has 0 fully saturated rings. The molecule has 3 nitrogen and oxygen atoms in total. The molecule has 0 aliphatic rings. The Kier molecular flexibility index (Phi) is 4.91. The highest BCUT2D eigenvalue weighted by molar-refractivity contribution is 5.69. The highest BCUT2D eigenvalue weighted by Gasteiger charge is 2.12. The van der Waals surface area contributed by atoms with E-state index in [2.05, 4.69) is 39.1 Å². The Morgan fingerprint density at radius 3 is 2.17 bits per heavy atom. The summed E-state index contributed by atoms with van der Waals surface area (Å²) in [6.07, 6.45) is 0. The Morgan fingerprint density at radius 2 is 1.72 bits per heavy atom. The molecule has 0 aliphatic heterocycles. The van der Waals surface area contributed by atoms with Gasteiger partial charge in [0.15, 0.2) is 0 Å². The van der Waals surface area contributed by atoms with Crippen molar-refractivity contribution in [3.63, 3.8) is 0 Å². The van der Waals surface area contributed by atoms with Crippen molar-refractivity contribution in [2.45, 2.75) is 41.2 Å². The van der Waals surface area contributed by atoms with Crippen LogP contribution in [0.3, 0.4) is 0 Å². The van der Waals surface area contributed by atoms with E-state index in [1.54, 1.807) is 6.92 Å². The minimum Gasteiger partial charge on any atom is -0.481 e. The van der Waals surface area contributed by atoms with Gasteiger partial charge in [-0.3, -0.25) is 4.79 Å². The molecule has 0 saturated heterocycles. The molecule has 0 radical (unpaired) electrons. The molecule has 100 valence electrons. The summed E-state index contributed by atoms with van der Waals surface area (Å²) in [6, 6.07) is 2.20. The van der Waals surface area contributed by atoms with Crippen molar-refractivity contribution in [3.8, 4) is 0 Å². The normalized spacial score (nSPS) is 12.5. The van der Waals surface area contributed by atoms with E-state index in [9.17, 15) is 4.79 Å². The highest BCUT2D eigenvalue weighted by atomic mass is 16.4. The van der Waals surface area contributed by atoms with Crippen LogP contribution in [0.4, 0.5) is 0 Å². The maximum atomic E-state index is 10.7. The maximum absolute atomic E-state index is 10.7. The van der Waals surface area contributed by atoms with Gasteiger partial charge in [-0.05, 0) is 55.5 Å². The monoisotopic (exact) mass is 249 g/mol. The zero-order chi connectivity index (χ0) is 13.9. The van der Waals surface area contributed by atoms with Crippen molar-refractivity contribution < 1.29 is 9.90 Å². The molecule has 1 rings (SSSR count). The van der Waals surface area contributed by atoms with Crippen molar-refractivity contribution >= 4 is 5.97 Å². The lowest BCUT2D eigenvalue weighted by molar-refractivity contribution is -0.140. The number of hydrogen-bond acceptors (Lipinski definition) is 2. The zero-order valence-corrected chi connectivity index (χ0v) is 11.9. The second kappa shape index (κ2) is 6.01. The first kappa shape index (κ1) is 14.7. The van der Waals surface area contributed by atoms with Gasteiger partial charge in [0.05, 0.1) is 5.92 Å². The summed E-state index contributed by atoms with van der Waals surface area (Å²) in [5.74, 6) is -1.10. The van der Waals surface area contributed by atoms with Crippen LogP contribution in [0.5, 0.6) is 0 Å². The smallest absolute Gasteiger partial charge is 0.307 e. The Bertz CT molecular complexity index is 426. The van der Waals surface area contributed by atoms with E-state index in [0.29, 0.717) is 6.54 Å². The van der Waals surface area contributed by atoms with Gasteiger partial charge in [-0.25, -0.2) is 0 Å². The average molecular weight is 249 g/mol. The molecule has 0 bridgehead atoms. The van der Waals surface area contributed by atoms with Crippen LogP contribution in [0, 0.1) is 33.6 Å². The van der Waals surface area contributed by atoms with Crippen molar-refractivity contribution in [2.24, 2.45) is 5.92 Å². The van der Waals surface area contributed by atoms with E-state index >= 15 is 0 Å². The number of carboxylic acid groups (broad SMARTS) is 1. The van der Waals surface area contributed by atoms with E-state index < -0.39 is 5.97 Å². The van der Waals surface area contributed by atoms with Crippen LogP contribution in [-0.2, 0) is 11.3 Å². The van der Waals surface area contributed by atoms with Crippen LogP contribution in [0.25, 0.3) is 0 Å². The van der Waals surface area contributed by atoms with E-state index in [1.807, 2.05) is 0 Å². The number of benzene rings is 1. The Balaban J connectivity index is 2.76. The van der Waals surface area contributed by atoms with Gasteiger partial charge < -0.3 is 10.4 Å². The van der Waals surface area contributed by atoms with Crippen molar-refractivity contribution in [3.05, 3.63) is 33.9 Å². The van der Waals surface area contributed by atoms with Gasteiger partial charge in [0.1, 0.15) is 0 Å². The minimum atomic E-state index is -0.753. The maximum Gasteiger partial charge on any atom is 0.307 e. The summed E-state index contributed by atoms with van der Waals surface area (Å²) in [5.41, 5.74) is 6.48. The molecular weight excluding hydrogens is 226 g/mol. The number of aryl methyl sites for hydroxylation is 2. The molecule has 3 heteroatoms. The standard InChI is InChI=1S/C15H23NO2/c1-9-6-10(2)13(5)14(12(9)4)8-16-7-11(3)15(17)18/h6,11,16H,7-8H2,1-5H3,(H,17,18). The lowest BCUT2D eigenvalue weighted by Crippen LogP contribution is -2.26. The SMILES string of the molecule is Cc1cc(C)c(C)c(CNCC(C)C(=O)O)c1C. The van der Waals surface area contributed by atoms with Crippen molar-refractivity contribution in [1.82, 2.24) is 5.32 Å². The number of aliphatic carboxylic acids is 1. The molecule has 1 atom stereocenters. The predicted octanol–water partition coefficient (Wildman–Crippen LogP) is 2.73. The van der Waals surface area contributed by atoms with Crippen LogP contribution in [0.15, 0.2) is 6.07 Å². The molecule has 0 amide bonds. The second-order valence-electron chi connectivity index (χ2n) is 5.11. The lowest BCUT2D eigenvalue weighted by atomic mass is 9.94. The van der Waals surface area contributed by atoms with Crippen molar-refractivity contribution in [1.29, 1.82) is 0 Å². The summed E-state index contributed by atoms with van der Waals surface area (Å²) < 4.78 is 0. The largest absolute Gasteiger partial charge is 0.481 e. The van der Waals surface area contributed by atoms with E-state index in [4.69, 9.17) is 5.11 Å². The van der Waals surface area contributed by atoms with Gasteiger partial charge >= 0.3 is 5.97 Å². The number of carboxylic acids is 1. The van der Waals surface area contributed by atoms with Crippen LogP contribution in [0.1, 0.15) is 34.7 Å². The second-order valence-corrected chi connectivity index (χ2v) is 5.11. The van der Waals surface area contributed by atoms with Gasteiger partial charge in [-0.15, -0.1) is 0 Å². The molecule has 1 unspecified atom stereocenters. The number of hydrogen-bond donors (Lipinski definition) is 2. The summed E-state index contributed by atoms with van der Waals surface area (Å²) in [6.45, 7) is 11.4. The highest BCUT2D eigenvalue weighted by Crippen LogP contribution is 2.21. The molecule has 0 heterocycles. The van der Waals surface area contributed by atoms with E-state index in [0.717, 1.165) is 6.54 Å². The van der Waals surface area contributed by atoms with Gasteiger partial charge in [-0.2, -0.15) is 0 Å². The molecule has 1 aromatic carbocycles. The lowest BCUT2D eigenvalue weighted by Gasteiger charge is -2.16. The Labute approximate surface area is 109 Å². The summed E-state index contributed by atoms with van der Waals surface area (Å²) in [4.78, 5) is 10.7. The minimum absolute atomic E-state index is 0.350. The predicted molar refractivity (Wildman–Crippen MR) is 73.9 cm³/mol. The molecule has 18 heavy (non-hydrogen) atoms. The van der Waals surface area contributed by atoms with E-state index in [-0.39, 0.29) is 5.92 Å².